The van der Waals surface area contributed by atoms with Crippen LogP contribution in [0.25, 0.3) is 10.9 Å². The minimum Gasteiger partial charge on any atom is -0.309 e. The average Bonchev–Trinajstić information content (AvgIpc) is 2.91. The van der Waals surface area contributed by atoms with Crippen LogP contribution in [0.2, 0.25) is 0 Å². The summed E-state index contributed by atoms with van der Waals surface area (Å²) < 4.78 is 0. The fourth-order valence-electron chi connectivity index (χ4n) is 2.19. The van der Waals surface area contributed by atoms with Crippen LogP contribution in [0.1, 0.15) is 10.7 Å². The Kier molecular flexibility index (Phi) is 3.62. The Morgan fingerprint density at radius 1 is 1.20 bits per heavy atom. The molecule has 2 heterocycles. The molecule has 3 rings (SSSR count). The first-order valence-corrected chi connectivity index (χ1v) is 7.29. The lowest BCUT2D eigenvalue weighted by Crippen LogP contribution is -2.21. The van der Waals surface area contributed by atoms with Crippen LogP contribution >= 0.6 is 11.3 Å². The van der Waals surface area contributed by atoms with Crippen molar-refractivity contribution >= 4 is 22.2 Å². The molecule has 0 aliphatic rings. The van der Waals surface area contributed by atoms with Gasteiger partial charge in [-0.15, -0.1) is 11.3 Å². The van der Waals surface area contributed by atoms with E-state index in [0.717, 1.165) is 12.1 Å². The van der Waals surface area contributed by atoms with Crippen molar-refractivity contribution in [2.24, 2.45) is 0 Å². The molecule has 20 heavy (non-hydrogen) atoms. The highest BCUT2D eigenvalue weighted by molar-refractivity contribution is 7.09. The standard InChI is InChI=1S/C15H15N3OS/c1-18(9-11-5-4-8-20-11)10-14-16-13-7-3-2-6-12(13)15(19)17-14/h2-8H,9-10H2,1H3,(H,16,17,19). The van der Waals surface area contributed by atoms with Gasteiger partial charge in [0.05, 0.1) is 17.4 Å². The van der Waals surface area contributed by atoms with Crippen LogP contribution in [0.4, 0.5) is 0 Å². The number of fused-ring (bicyclic) bond motifs is 1. The molecule has 0 atom stereocenters. The Morgan fingerprint density at radius 3 is 2.85 bits per heavy atom. The SMILES string of the molecule is CN(Cc1nc2ccccc2c(=O)[nH]1)Cc1cccs1. The number of aromatic amines is 1. The third-order valence-electron chi connectivity index (χ3n) is 3.09. The molecule has 0 unspecified atom stereocenters. The topological polar surface area (TPSA) is 49.0 Å². The fraction of sp³-hybridized carbons (Fsp3) is 0.200. The number of hydrogen-bond acceptors (Lipinski definition) is 4. The highest BCUT2D eigenvalue weighted by Crippen LogP contribution is 2.12. The lowest BCUT2D eigenvalue weighted by molar-refractivity contribution is 0.313. The quantitative estimate of drug-likeness (QED) is 0.801. The summed E-state index contributed by atoms with van der Waals surface area (Å²) in [7, 11) is 2.02. The van der Waals surface area contributed by atoms with E-state index in [-0.39, 0.29) is 5.56 Å². The van der Waals surface area contributed by atoms with Crippen LogP contribution in [0.3, 0.4) is 0 Å². The van der Waals surface area contributed by atoms with Gasteiger partial charge in [-0.25, -0.2) is 4.98 Å². The summed E-state index contributed by atoms with van der Waals surface area (Å²) in [6.45, 7) is 1.48. The number of aromatic nitrogens is 2. The zero-order valence-corrected chi connectivity index (χ0v) is 12.0. The summed E-state index contributed by atoms with van der Waals surface area (Å²) in [5.74, 6) is 0.702. The first-order valence-electron chi connectivity index (χ1n) is 6.41. The maximum Gasteiger partial charge on any atom is 0.258 e. The smallest absolute Gasteiger partial charge is 0.258 e. The van der Waals surface area contributed by atoms with E-state index in [1.807, 2.05) is 31.3 Å². The number of hydrogen-bond donors (Lipinski definition) is 1. The lowest BCUT2D eigenvalue weighted by Gasteiger charge is -2.14. The van der Waals surface area contributed by atoms with Gasteiger partial charge < -0.3 is 4.98 Å². The lowest BCUT2D eigenvalue weighted by atomic mass is 10.2. The Hall–Kier alpha value is -1.98. The highest BCUT2D eigenvalue weighted by Gasteiger charge is 2.07. The molecule has 3 aromatic rings. The zero-order valence-electron chi connectivity index (χ0n) is 11.2. The molecule has 2 aromatic heterocycles. The van der Waals surface area contributed by atoms with Crippen molar-refractivity contribution in [1.29, 1.82) is 0 Å². The summed E-state index contributed by atoms with van der Waals surface area (Å²) in [5.41, 5.74) is 0.672. The molecular formula is C15H15N3OS. The molecular weight excluding hydrogens is 270 g/mol. The van der Waals surface area contributed by atoms with E-state index in [9.17, 15) is 4.79 Å². The first-order chi connectivity index (χ1) is 9.72. The van der Waals surface area contributed by atoms with Crippen LogP contribution in [-0.4, -0.2) is 21.9 Å². The van der Waals surface area contributed by atoms with Gasteiger partial charge in [0, 0.05) is 11.4 Å². The summed E-state index contributed by atoms with van der Waals surface area (Å²) in [6.07, 6.45) is 0. The summed E-state index contributed by atoms with van der Waals surface area (Å²) >= 11 is 1.73. The molecule has 0 saturated carbocycles. The van der Waals surface area contributed by atoms with Crippen LogP contribution in [0.15, 0.2) is 46.6 Å². The van der Waals surface area contributed by atoms with Crippen LogP contribution in [-0.2, 0) is 13.1 Å². The Labute approximate surface area is 120 Å². The molecule has 0 bridgehead atoms. The molecule has 0 amide bonds. The third kappa shape index (κ3) is 2.79. The number of H-pyrrole nitrogens is 1. The molecule has 102 valence electrons. The molecule has 1 N–H and O–H groups in total. The minimum atomic E-state index is -0.0740. The minimum absolute atomic E-state index is 0.0740. The number of para-hydroxylation sites is 1. The molecule has 0 aliphatic carbocycles. The molecule has 5 heteroatoms. The summed E-state index contributed by atoms with van der Waals surface area (Å²) in [6, 6.07) is 11.6. The van der Waals surface area contributed by atoms with Crippen molar-refractivity contribution in [3.8, 4) is 0 Å². The Balaban J connectivity index is 1.82. The molecule has 0 saturated heterocycles. The van der Waals surface area contributed by atoms with Gasteiger partial charge in [-0.3, -0.25) is 9.69 Å². The second kappa shape index (κ2) is 5.56. The Morgan fingerprint density at radius 2 is 2.05 bits per heavy atom. The second-order valence-electron chi connectivity index (χ2n) is 4.78. The largest absolute Gasteiger partial charge is 0.309 e. The van der Waals surface area contributed by atoms with E-state index in [0.29, 0.717) is 17.8 Å². The highest BCUT2D eigenvalue weighted by atomic mass is 32.1. The van der Waals surface area contributed by atoms with E-state index in [2.05, 4.69) is 26.3 Å². The molecule has 0 aliphatic heterocycles. The normalized spacial score (nSPS) is 11.3. The Bertz CT molecular complexity index is 764. The van der Waals surface area contributed by atoms with Crippen molar-refractivity contribution in [2.75, 3.05) is 7.05 Å². The van der Waals surface area contributed by atoms with Gasteiger partial charge in [0.1, 0.15) is 5.82 Å². The zero-order chi connectivity index (χ0) is 13.9. The van der Waals surface area contributed by atoms with Crippen molar-refractivity contribution in [3.05, 3.63) is 62.8 Å². The van der Waals surface area contributed by atoms with E-state index in [1.165, 1.54) is 4.88 Å². The average molecular weight is 285 g/mol. The van der Waals surface area contributed by atoms with Crippen molar-refractivity contribution in [1.82, 2.24) is 14.9 Å². The number of thiophene rings is 1. The predicted octanol–water partition coefficient (Wildman–Crippen LogP) is 2.62. The van der Waals surface area contributed by atoms with E-state index in [1.54, 1.807) is 17.4 Å². The van der Waals surface area contributed by atoms with Gasteiger partial charge in [-0.05, 0) is 30.6 Å². The van der Waals surface area contributed by atoms with Crippen LogP contribution in [0, 0.1) is 0 Å². The van der Waals surface area contributed by atoms with Gasteiger partial charge in [-0.2, -0.15) is 0 Å². The van der Waals surface area contributed by atoms with Gasteiger partial charge >= 0.3 is 0 Å². The monoisotopic (exact) mass is 285 g/mol. The van der Waals surface area contributed by atoms with Crippen molar-refractivity contribution in [2.45, 2.75) is 13.1 Å². The van der Waals surface area contributed by atoms with Gasteiger partial charge in [0.15, 0.2) is 0 Å². The van der Waals surface area contributed by atoms with Gasteiger partial charge in [0.25, 0.3) is 5.56 Å². The van der Waals surface area contributed by atoms with E-state index >= 15 is 0 Å². The summed E-state index contributed by atoms with van der Waals surface area (Å²) in [5, 5.41) is 2.71. The molecule has 0 radical (unpaired) electrons. The van der Waals surface area contributed by atoms with E-state index in [4.69, 9.17) is 0 Å². The molecule has 0 spiro atoms. The maximum atomic E-state index is 12.0. The van der Waals surface area contributed by atoms with Crippen molar-refractivity contribution in [3.63, 3.8) is 0 Å². The molecule has 4 nitrogen and oxygen atoms in total. The molecule has 1 aromatic carbocycles. The van der Waals surface area contributed by atoms with Gasteiger partial charge in [0.2, 0.25) is 0 Å². The second-order valence-corrected chi connectivity index (χ2v) is 5.81. The van der Waals surface area contributed by atoms with Crippen molar-refractivity contribution < 1.29 is 0 Å². The number of rotatable bonds is 4. The summed E-state index contributed by atoms with van der Waals surface area (Å²) in [4.78, 5) is 22.8. The van der Waals surface area contributed by atoms with Crippen LogP contribution in [0.5, 0.6) is 0 Å². The van der Waals surface area contributed by atoms with E-state index < -0.39 is 0 Å². The number of benzene rings is 1. The molecule has 0 fully saturated rings. The van der Waals surface area contributed by atoms with Crippen LogP contribution < -0.4 is 5.56 Å². The predicted molar refractivity (Wildman–Crippen MR) is 81.9 cm³/mol. The fourth-order valence-corrected chi connectivity index (χ4v) is 2.97. The third-order valence-corrected chi connectivity index (χ3v) is 3.95. The number of nitrogens with zero attached hydrogens (tertiary/aromatic N) is 2. The number of nitrogens with one attached hydrogen (secondary N) is 1. The first kappa shape index (κ1) is 13.0. The maximum absolute atomic E-state index is 12.0. The van der Waals surface area contributed by atoms with Gasteiger partial charge in [-0.1, -0.05) is 18.2 Å².